The molecule has 2 aromatic rings. The van der Waals surface area contributed by atoms with Gasteiger partial charge in [0.15, 0.2) is 0 Å². The molecule has 3 nitrogen and oxygen atoms in total. The molecule has 3 heteroatoms. The van der Waals surface area contributed by atoms with Crippen molar-refractivity contribution in [2.24, 2.45) is 5.92 Å². The predicted octanol–water partition coefficient (Wildman–Crippen LogP) is 4.26. The quantitative estimate of drug-likeness (QED) is 0.915. The summed E-state index contributed by atoms with van der Waals surface area (Å²) >= 11 is 0. The molecule has 0 atom stereocenters. The largest absolute Gasteiger partial charge is 0.352 e. The van der Waals surface area contributed by atoms with Crippen molar-refractivity contribution in [3.8, 4) is 6.07 Å². The van der Waals surface area contributed by atoms with Crippen LogP contribution >= 0.6 is 0 Å². The molecule has 0 unspecified atom stereocenters. The van der Waals surface area contributed by atoms with Gasteiger partial charge in [-0.3, -0.25) is 4.79 Å². The van der Waals surface area contributed by atoms with Crippen LogP contribution in [0.2, 0.25) is 0 Å². The zero-order valence-corrected chi connectivity index (χ0v) is 13.7. The Bertz CT molecular complexity index is 708. The van der Waals surface area contributed by atoms with Gasteiger partial charge >= 0.3 is 0 Å². The van der Waals surface area contributed by atoms with Gasteiger partial charge in [0, 0.05) is 12.1 Å². The number of hydrogen-bond acceptors (Lipinski definition) is 2. The molecule has 0 spiro atoms. The number of nitriles is 1. The molecule has 0 radical (unpaired) electrons. The minimum Gasteiger partial charge on any atom is -0.352 e. The molecule has 1 fully saturated rings. The molecule has 1 N–H and O–H groups in total. The Kier molecular flexibility index (Phi) is 5.28. The summed E-state index contributed by atoms with van der Waals surface area (Å²) < 4.78 is 0. The second-order valence-corrected chi connectivity index (χ2v) is 6.53. The van der Waals surface area contributed by atoms with E-state index in [1.807, 2.05) is 0 Å². The summed E-state index contributed by atoms with van der Waals surface area (Å²) in [5.41, 5.74) is 2.63. The number of benzene rings is 2. The van der Waals surface area contributed by atoms with E-state index in [1.54, 1.807) is 24.3 Å². The third-order valence-corrected chi connectivity index (χ3v) is 4.95. The fourth-order valence-electron chi connectivity index (χ4n) is 3.46. The average molecular weight is 318 g/mol. The Morgan fingerprint density at radius 1 is 1.00 bits per heavy atom. The normalized spacial score (nSPS) is 20.1. The van der Waals surface area contributed by atoms with Gasteiger partial charge in [0.25, 0.3) is 5.91 Å². The highest BCUT2D eigenvalue weighted by atomic mass is 16.1. The summed E-state index contributed by atoms with van der Waals surface area (Å²) in [6, 6.07) is 19.6. The molecule has 1 aliphatic carbocycles. The first kappa shape index (κ1) is 16.3. The van der Waals surface area contributed by atoms with Gasteiger partial charge in [-0.1, -0.05) is 30.3 Å². The predicted molar refractivity (Wildman–Crippen MR) is 94.6 cm³/mol. The molecule has 3 rings (SSSR count). The summed E-state index contributed by atoms with van der Waals surface area (Å²) in [5.74, 6) is 1.17. The minimum atomic E-state index is -0.0512. The van der Waals surface area contributed by atoms with Gasteiger partial charge in [0.1, 0.15) is 0 Å². The van der Waals surface area contributed by atoms with E-state index in [-0.39, 0.29) is 5.91 Å². The van der Waals surface area contributed by atoms with Gasteiger partial charge in [-0.2, -0.15) is 5.26 Å². The lowest BCUT2D eigenvalue weighted by molar-refractivity contribution is 0.0943. The van der Waals surface area contributed by atoms with E-state index < -0.39 is 0 Å². The van der Waals surface area contributed by atoms with Crippen LogP contribution in [0.25, 0.3) is 0 Å². The van der Waals surface area contributed by atoms with Crippen LogP contribution in [0.15, 0.2) is 54.6 Å². The molecule has 1 aliphatic rings. The van der Waals surface area contributed by atoms with Crippen LogP contribution in [0.3, 0.4) is 0 Å². The maximum Gasteiger partial charge on any atom is 0.251 e. The first-order valence-corrected chi connectivity index (χ1v) is 8.59. The van der Waals surface area contributed by atoms with Gasteiger partial charge < -0.3 is 5.32 Å². The van der Waals surface area contributed by atoms with Crippen LogP contribution in [0.1, 0.15) is 53.1 Å². The first-order chi connectivity index (χ1) is 11.8. The molecule has 122 valence electrons. The van der Waals surface area contributed by atoms with Crippen molar-refractivity contribution in [1.29, 1.82) is 5.26 Å². The van der Waals surface area contributed by atoms with E-state index in [4.69, 9.17) is 5.26 Å². The maximum atomic E-state index is 12.2. The molecule has 0 saturated heterocycles. The molecule has 24 heavy (non-hydrogen) atoms. The SMILES string of the molecule is N#Cc1ccc(C(=O)NCC2CCC(c3ccccc3)CC2)cc1. The Balaban J connectivity index is 1.46. The zero-order valence-electron chi connectivity index (χ0n) is 13.7. The number of carbonyl (C=O) groups is 1. The number of nitrogens with one attached hydrogen (secondary N) is 1. The van der Waals surface area contributed by atoms with E-state index in [0.29, 0.717) is 23.0 Å². The first-order valence-electron chi connectivity index (χ1n) is 8.59. The van der Waals surface area contributed by atoms with Crippen LogP contribution in [-0.2, 0) is 0 Å². The molecule has 0 bridgehead atoms. The highest BCUT2D eigenvalue weighted by Crippen LogP contribution is 2.35. The number of nitrogens with zero attached hydrogens (tertiary/aromatic N) is 1. The van der Waals surface area contributed by atoms with Crippen molar-refractivity contribution >= 4 is 5.91 Å². The topological polar surface area (TPSA) is 52.9 Å². The van der Waals surface area contributed by atoms with Crippen molar-refractivity contribution in [2.45, 2.75) is 31.6 Å². The van der Waals surface area contributed by atoms with Crippen molar-refractivity contribution in [3.05, 3.63) is 71.3 Å². The zero-order chi connectivity index (χ0) is 16.8. The van der Waals surface area contributed by atoms with E-state index >= 15 is 0 Å². The average Bonchev–Trinajstić information content (AvgIpc) is 2.67. The lowest BCUT2D eigenvalue weighted by Crippen LogP contribution is -2.31. The molecular formula is C21H22N2O. The Morgan fingerprint density at radius 2 is 1.67 bits per heavy atom. The lowest BCUT2D eigenvalue weighted by atomic mass is 9.78. The van der Waals surface area contributed by atoms with Crippen molar-refractivity contribution in [1.82, 2.24) is 5.32 Å². The number of rotatable bonds is 4. The van der Waals surface area contributed by atoms with E-state index in [0.717, 1.165) is 19.4 Å². The third kappa shape index (κ3) is 4.02. The van der Waals surface area contributed by atoms with Crippen LogP contribution in [0, 0.1) is 17.2 Å². The van der Waals surface area contributed by atoms with Crippen LogP contribution < -0.4 is 5.32 Å². The number of hydrogen-bond donors (Lipinski definition) is 1. The standard InChI is InChI=1S/C21H22N2O/c22-14-16-6-12-20(13-7-16)21(24)23-15-17-8-10-19(11-9-17)18-4-2-1-3-5-18/h1-7,12-13,17,19H,8-11,15H2,(H,23,24). The molecule has 0 aliphatic heterocycles. The maximum absolute atomic E-state index is 12.2. The van der Waals surface area contributed by atoms with E-state index in [2.05, 4.69) is 41.7 Å². The smallest absolute Gasteiger partial charge is 0.251 e. The van der Waals surface area contributed by atoms with Crippen molar-refractivity contribution < 1.29 is 4.79 Å². The minimum absolute atomic E-state index is 0.0512. The van der Waals surface area contributed by atoms with Gasteiger partial charge in [-0.25, -0.2) is 0 Å². The van der Waals surface area contributed by atoms with Gasteiger partial charge in [-0.15, -0.1) is 0 Å². The monoisotopic (exact) mass is 318 g/mol. The summed E-state index contributed by atoms with van der Waals surface area (Å²) in [5, 5.41) is 11.8. The second-order valence-electron chi connectivity index (χ2n) is 6.53. The molecule has 0 heterocycles. The summed E-state index contributed by atoms with van der Waals surface area (Å²) in [7, 11) is 0. The number of amides is 1. The number of carbonyl (C=O) groups excluding carboxylic acids is 1. The van der Waals surface area contributed by atoms with Crippen molar-refractivity contribution in [3.63, 3.8) is 0 Å². The molecular weight excluding hydrogens is 296 g/mol. The molecule has 1 saturated carbocycles. The highest BCUT2D eigenvalue weighted by molar-refractivity contribution is 5.94. The fourth-order valence-corrected chi connectivity index (χ4v) is 3.46. The van der Waals surface area contributed by atoms with Crippen molar-refractivity contribution in [2.75, 3.05) is 6.54 Å². The Morgan fingerprint density at radius 3 is 2.29 bits per heavy atom. The highest BCUT2D eigenvalue weighted by Gasteiger charge is 2.22. The summed E-state index contributed by atoms with van der Waals surface area (Å²) in [6.45, 7) is 0.736. The van der Waals surface area contributed by atoms with E-state index in [1.165, 1.54) is 18.4 Å². The van der Waals surface area contributed by atoms with Crippen LogP contribution in [-0.4, -0.2) is 12.5 Å². The summed E-state index contributed by atoms with van der Waals surface area (Å²) in [6.07, 6.45) is 4.71. The Labute approximate surface area is 143 Å². The van der Waals surface area contributed by atoms with E-state index in [9.17, 15) is 4.79 Å². The lowest BCUT2D eigenvalue weighted by Gasteiger charge is -2.29. The molecule has 0 aromatic heterocycles. The van der Waals surface area contributed by atoms with Crippen LogP contribution in [0.5, 0.6) is 0 Å². The van der Waals surface area contributed by atoms with Gasteiger partial charge in [-0.05, 0) is 67.3 Å². The molecule has 1 amide bonds. The summed E-state index contributed by atoms with van der Waals surface area (Å²) in [4.78, 5) is 12.2. The second kappa shape index (κ2) is 7.79. The van der Waals surface area contributed by atoms with Crippen LogP contribution in [0.4, 0.5) is 0 Å². The third-order valence-electron chi connectivity index (χ3n) is 4.95. The molecule has 2 aromatic carbocycles. The fraction of sp³-hybridized carbons (Fsp3) is 0.333. The van der Waals surface area contributed by atoms with Gasteiger partial charge in [0.05, 0.1) is 11.6 Å². The Hall–Kier alpha value is -2.60. The van der Waals surface area contributed by atoms with Gasteiger partial charge in [0.2, 0.25) is 0 Å².